The molecule has 0 aliphatic carbocycles. The van der Waals surface area contributed by atoms with Crippen molar-refractivity contribution in [3.05, 3.63) is 35.4 Å². The molecule has 0 aromatic heterocycles. The summed E-state index contributed by atoms with van der Waals surface area (Å²) in [6.45, 7) is 5.25. The van der Waals surface area contributed by atoms with Gasteiger partial charge < -0.3 is 15.0 Å². The smallest absolute Gasteiger partial charge is 0.245 e. The lowest BCUT2D eigenvalue weighted by Gasteiger charge is -2.34. The highest BCUT2D eigenvalue weighted by atomic mass is 16.5. The minimum Gasteiger partial charge on any atom is -0.383 e. The van der Waals surface area contributed by atoms with Crippen molar-refractivity contribution in [1.82, 2.24) is 10.2 Å². The minimum atomic E-state index is -0.782. The Kier molecular flexibility index (Phi) is 5.19. The normalized spacial score (nSPS) is 21.2. The molecule has 120 valence electrons. The summed E-state index contributed by atoms with van der Waals surface area (Å²) in [5, 5.41) is 2.85. The van der Waals surface area contributed by atoms with Gasteiger partial charge in [0, 0.05) is 26.6 Å². The van der Waals surface area contributed by atoms with Crippen LogP contribution >= 0.6 is 0 Å². The molecule has 1 aliphatic heterocycles. The van der Waals surface area contributed by atoms with Crippen molar-refractivity contribution >= 4 is 11.8 Å². The first-order valence-corrected chi connectivity index (χ1v) is 7.60. The van der Waals surface area contributed by atoms with Crippen LogP contribution in [0.15, 0.2) is 24.3 Å². The van der Waals surface area contributed by atoms with Crippen molar-refractivity contribution in [1.29, 1.82) is 0 Å². The number of hydrogen-bond acceptors (Lipinski definition) is 3. The third-order valence-electron chi connectivity index (χ3n) is 4.26. The number of hydrogen-bond donors (Lipinski definition) is 1. The first-order valence-electron chi connectivity index (χ1n) is 7.60. The van der Waals surface area contributed by atoms with Gasteiger partial charge in [-0.15, -0.1) is 0 Å². The Bertz CT molecular complexity index is 541. The number of benzene rings is 1. The van der Waals surface area contributed by atoms with Crippen LogP contribution in [-0.4, -0.2) is 42.5 Å². The molecule has 0 bridgehead atoms. The molecule has 0 spiro atoms. The SMILES string of the molecule is COCCNC(=O)[C@]1(C)CCC(=O)N1Cc1ccc(C)cc1. The van der Waals surface area contributed by atoms with Gasteiger partial charge in [0.1, 0.15) is 5.54 Å². The van der Waals surface area contributed by atoms with E-state index >= 15 is 0 Å². The van der Waals surface area contributed by atoms with Crippen LogP contribution in [0.2, 0.25) is 0 Å². The Morgan fingerprint density at radius 2 is 2.05 bits per heavy atom. The molecule has 1 aromatic rings. The molecule has 1 atom stereocenters. The fourth-order valence-corrected chi connectivity index (χ4v) is 2.73. The van der Waals surface area contributed by atoms with Gasteiger partial charge in [-0.1, -0.05) is 29.8 Å². The fourth-order valence-electron chi connectivity index (χ4n) is 2.73. The standard InChI is InChI=1S/C17H24N2O3/c1-13-4-6-14(7-5-13)12-19-15(20)8-9-17(19,2)16(21)18-10-11-22-3/h4-7H,8-12H2,1-3H3,(H,18,21)/t17-/m0/s1. The number of methoxy groups -OCH3 is 1. The maximum Gasteiger partial charge on any atom is 0.245 e. The largest absolute Gasteiger partial charge is 0.383 e. The fraction of sp³-hybridized carbons (Fsp3) is 0.529. The van der Waals surface area contributed by atoms with Crippen molar-refractivity contribution in [3.8, 4) is 0 Å². The van der Waals surface area contributed by atoms with Gasteiger partial charge in [-0.05, 0) is 25.8 Å². The molecule has 0 saturated carbocycles. The number of nitrogens with zero attached hydrogens (tertiary/aromatic N) is 1. The summed E-state index contributed by atoms with van der Waals surface area (Å²) in [6.07, 6.45) is 0.969. The monoisotopic (exact) mass is 304 g/mol. The van der Waals surface area contributed by atoms with Crippen molar-refractivity contribution in [2.45, 2.75) is 38.8 Å². The summed E-state index contributed by atoms with van der Waals surface area (Å²) in [7, 11) is 1.59. The number of amides is 2. The van der Waals surface area contributed by atoms with E-state index in [0.717, 1.165) is 5.56 Å². The zero-order chi connectivity index (χ0) is 16.2. The van der Waals surface area contributed by atoms with Crippen LogP contribution in [0.3, 0.4) is 0 Å². The summed E-state index contributed by atoms with van der Waals surface area (Å²) in [4.78, 5) is 26.4. The van der Waals surface area contributed by atoms with Crippen LogP contribution in [-0.2, 0) is 20.9 Å². The van der Waals surface area contributed by atoms with Gasteiger partial charge in [0.25, 0.3) is 0 Å². The number of nitrogens with one attached hydrogen (secondary N) is 1. The Morgan fingerprint density at radius 1 is 1.36 bits per heavy atom. The molecule has 0 unspecified atom stereocenters. The van der Waals surface area contributed by atoms with E-state index < -0.39 is 5.54 Å². The van der Waals surface area contributed by atoms with Crippen LogP contribution in [0.4, 0.5) is 0 Å². The number of aryl methyl sites for hydroxylation is 1. The maximum absolute atomic E-state index is 12.5. The van der Waals surface area contributed by atoms with Crippen LogP contribution in [0.25, 0.3) is 0 Å². The molecule has 1 N–H and O–H groups in total. The van der Waals surface area contributed by atoms with E-state index in [1.165, 1.54) is 5.56 Å². The molecule has 2 amide bonds. The number of carbonyl (C=O) groups is 2. The second kappa shape index (κ2) is 6.92. The highest BCUT2D eigenvalue weighted by Gasteiger charge is 2.46. The minimum absolute atomic E-state index is 0.0324. The van der Waals surface area contributed by atoms with E-state index in [9.17, 15) is 9.59 Å². The van der Waals surface area contributed by atoms with Crippen molar-refractivity contribution < 1.29 is 14.3 Å². The van der Waals surface area contributed by atoms with Crippen LogP contribution < -0.4 is 5.32 Å². The lowest BCUT2D eigenvalue weighted by Crippen LogP contribution is -2.54. The van der Waals surface area contributed by atoms with Gasteiger partial charge >= 0.3 is 0 Å². The molecule has 5 nitrogen and oxygen atoms in total. The predicted molar refractivity (Wildman–Crippen MR) is 84.3 cm³/mol. The number of rotatable bonds is 6. The highest BCUT2D eigenvalue weighted by Crippen LogP contribution is 2.31. The predicted octanol–water partition coefficient (Wildman–Crippen LogP) is 1.64. The van der Waals surface area contributed by atoms with Crippen LogP contribution in [0.5, 0.6) is 0 Å². The molecule has 1 saturated heterocycles. The topological polar surface area (TPSA) is 58.6 Å². The molecular formula is C17H24N2O3. The van der Waals surface area contributed by atoms with Gasteiger partial charge in [-0.2, -0.15) is 0 Å². The molecule has 1 fully saturated rings. The molecule has 1 aromatic carbocycles. The second-order valence-electron chi connectivity index (χ2n) is 5.99. The van der Waals surface area contributed by atoms with Gasteiger partial charge in [0.2, 0.25) is 11.8 Å². The van der Waals surface area contributed by atoms with Gasteiger partial charge in [0.15, 0.2) is 0 Å². The lowest BCUT2D eigenvalue weighted by atomic mass is 9.97. The molecular weight excluding hydrogens is 280 g/mol. The van der Waals surface area contributed by atoms with E-state index in [4.69, 9.17) is 4.74 Å². The zero-order valence-electron chi connectivity index (χ0n) is 13.5. The average molecular weight is 304 g/mol. The summed E-state index contributed by atoms with van der Waals surface area (Å²) in [5.41, 5.74) is 1.43. The van der Waals surface area contributed by atoms with E-state index in [2.05, 4.69) is 5.32 Å². The maximum atomic E-state index is 12.5. The average Bonchev–Trinajstić information content (AvgIpc) is 2.79. The van der Waals surface area contributed by atoms with E-state index in [-0.39, 0.29) is 11.8 Å². The summed E-state index contributed by atoms with van der Waals surface area (Å²) in [5.74, 6) is -0.0764. The highest BCUT2D eigenvalue weighted by molar-refractivity contribution is 5.94. The van der Waals surface area contributed by atoms with Gasteiger partial charge in [-0.25, -0.2) is 0 Å². The van der Waals surface area contributed by atoms with Gasteiger partial charge in [-0.3, -0.25) is 9.59 Å². The molecule has 22 heavy (non-hydrogen) atoms. The molecule has 2 rings (SSSR count). The third kappa shape index (κ3) is 3.47. The summed E-state index contributed by atoms with van der Waals surface area (Å²) >= 11 is 0. The Morgan fingerprint density at radius 3 is 2.68 bits per heavy atom. The number of carbonyl (C=O) groups excluding carboxylic acids is 2. The molecule has 1 heterocycles. The quantitative estimate of drug-likeness (QED) is 0.813. The van der Waals surface area contributed by atoms with Gasteiger partial charge in [0.05, 0.1) is 6.61 Å². The third-order valence-corrected chi connectivity index (χ3v) is 4.26. The summed E-state index contributed by atoms with van der Waals surface area (Å²) < 4.78 is 4.95. The Labute approximate surface area is 131 Å². The molecule has 0 radical (unpaired) electrons. The van der Waals surface area contributed by atoms with Crippen molar-refractivity contribution in [2.24, 2.45) is 0 Å². The Balaban J connectivity index is 2.10. The molecule has 1 aliphatic rings. The summed E-state index contributed by atoms with van der Waals surface area (Å²) in [6, 6.07) is 8.05. The Hall–Kier alpha value is -1.88. The van der Waals surface area contributed by atoms with Crippen LogP contribution in [0, 0.1) is 6.92 Å². The van der Waals surface area contributed by atoms with E-state index in [0.29, 0.717) is 32.5 Å². The molecule has 5 heteroatoms. The number of ether oxygens (including phenoxy) is 1. The first kappa shape index (κ1) is 16.5. The van der Waals surface area contributed by atoms with E-state index in [1.807, 2.05) is 38.1 Å². The lowest BCUT2D eigenvalue weighted by molar-refractivity contribution is -0.141. The first-order chi connectivity index (χ1) is 10.5. The van der Waals surface area contributed by atoms with Crippen molar-refractivity contribution in [2.75, 3.05) is 20.3 Å². The zero-order valence-corrected chi connectivity index (χ0v) is 13.5. The number of likely N-dealkylation sites (tertiary alicyclic amines) is 1. The second-order valence-corrected chi connectivity index (χ2v) is 5.99. The van der Waals surface area contributed by atoms with E-state index in [1.54, 1.807) is 12.0 Å². The van der Waals surface area contributed by atoms with Crippen molar-refractivity contribution in [3.63, 3.8) is 0 Å². The van der Waals surface area contributed by atoms with Crippen LogP contribution in [0.1, 0.15) is 30.9 Å².